The molecule has 0 atom stereocenters. The second-order valence-electron chi connectivity index (χ2n) is 5.90. The zero-order valence-electron chi connectivity index (χ0n) is 13.8. The number of aromatic amines is 1. The fourth-order valence-corrected chi connectivity index (χ4v) is 3.23. The molecule has 0 spiro atoms. The SMILES string of the molecule is Cc1nn(-c2ccccc2)c(C)c1-c1[nH]nc2c(C(=O)O)cccc12. The van der Waals surface area contributed by atoms with Crippen LogP contribution in [0.3, 0.4) is 0 Å². The third kappa shape index (κ3) is 2.30. The van der Waals surface area contributed by atoms with E-state index in [0.29, 0.717) is 5.52 Å². The van der Waals surface area contributed by atoms with Crippen molar-refractivity contribution in [3.63, 3.8) is 0 Å². The van der Waals surface area contributed by atoms with Crippen LogP contribution in [0.5, 0.6) is 0 Å². The van der Waals surface area contributed by atoms with Gasteiger partial charge in [0.2, 0.25) is 0 Å². The second kappa shape index (κ2) is 5.59. The maximum absolute atomic E-state index is 11.4. The number of para-hydroxylation sites is 2. The first kappa shape index (κ1) is 15.1. The highest BCUT2D eigenvalue weighted by atomic mass is 16.4. The number of carboxylic acids is 1. The molecule has 2 N–H and O–H groups in total. The number of aryl methyl sites for hydroxylation is 1. The summed E-state index contributed by atoms with van der Waals surface area (Å²) in [6, 6.07) is 15.1. The molecule has 0 aliphatic carbocycles. The normalized spacial score (nSPS) is 11.1. The Labute approximate surface area is 143 Å². The Morgan fingerprint density at radius 3 is 2.56 bits per heavy atom. The molecule has 0 saturated heterocycles. The molecular formula is C19H16N4O2. The lowest BCUT2D eigenvalue weighted by atomic mass is 10.0. The number of hydrogen-bond donors (Lipinski definition) is 2. The minimum absolute atomic E-state index is 0.186. The third-order valence-corrected chi connectivity index (χ3v) is 4.36. The zero-order chi connectivity index (χ0) is 17.6. The van der Waals surface area contributed by atoms with E-state index in [4.69, 9.17) is 0 Å². The summed E-state index contributed by atoms with van der Waals surface area (Å²) < 4.78 is 1.89. The Hall–Kier alpha value is -3.41. The van der Waals surface area contributed by atoms with E-state index >= 15 is 0 Å². The van der Waals surface area contributed by atoms with Crippen molar-refractivity contribution in [2.75, 3.05) is 0 Å². The first-order valence-electron chi connectivity index (χ1n) is 7.90. The van der Waals surface area contributed by atoms with Gasteiger partial charge in [0.1, 0.15) is 5.52 Å². The van der Waals surface area contributed by atoms with Gasteiger partial charge in [-0.15, -0.1) is 0 Å². The van der Waals surface area contributed by atoms with E-state index in [0.717, 1.165) is 33.7 Å². The molecule has 124 valence electrons. The first-order valence-corrected chi connectivity index (χ1v) is 7.90. The summed E-state index contributed by atoms with van der Waals surface area (Å²) in [4.78, 5) is 11.4. The number of benzene rings is 2. The van der Waals surface area contributed by atoms with Gasteiger partial charge in [-0.3, -0.25) is 5.10 Å². The summed E-state index contributed by atoms with van der Waals surface area (Å²) in [6.07, 6.45) is 0. The Bertz CT molecular complexity index is 1090. The number of H-pyrrole nitrogens is 1. The van der Waals surface area contributed by atoms with E-state index < -0.39 is 5.97 Å². The van der Waals surface area contributed by atoms with E-state index in [1.807, 2.05) is 54.9 Å². The van der Waals surface area contributed by atoms with Crippen LogP contribution < -0.4 is 0 Å². The average molecular weight is 332 g/mol. The van der Waals surface area contributed by atoms with Gasteiger partial charge in [0.15, 0.2) is 0 Å². The average Bonchev–Trinajstić information content (AvgIpc) is 3.16. The highest BCUT2D eigenvalue weighted by Gasteiger charge is 2.20. The smallest absolute Gasteiger partial charge is 0.337 e. The number of nitrogens with zero attached hydrogens (tertiary/aromatic N) is 3. The van der Waals surface area contributed by atoms with Crippen LogP contribution in [0, 0.1) is 13.8 Å². The van der Waals surface area contributed by atoms with Crippen LogP contribution in [0.25, 0.3) is 27.8 Å². The van der Waals surface area contributed by atoms with Crippen LogP contribution in [0.4, 0.5) is 0 Å². The number of carbonyl (C=O) groups is 1. The second-order valence-corrected chi connectivity index (χ2v) is 5.90. The number of aromatic nitrogens is 4. The van der Waals surface area contributed by atoms with E-state index in [1.165, 1.54) is 0 Å². The highest BCUT2D eigenvalue weighted by molar-refractivity contribution is 6.06. The summed E-state index contributed by atoms with van der Waals surface area (Å²) in [5.74, 6) is -0.989. The van der Waals surface area contributed by atoms with Crippen molar-refractivity contribution in [2.45, 2.75) is 13.8 Å². The standard InChI is InChI=1S/C19H16N4O2/c1-11-16(12(2)23(22-11)13-7-4-3-5-8-13)18-14-9-6-10-15(19(24)25)17(14)20-21-18/h3-10H,1-2H3,(H,20,21)(H,24,25). The van der Waals surface area contributed by atoms with E-state index in [2.05, 4.69) is 15.3 Å². The number of hydrogen-bond acceptors (Lipinski definition) is 3. The number of carboxylic acid groups (broad SMARTS) is 1. The lowest BCUT2D eigenvalue weighted by Gasteiger charge is -2.05. The van der Waals surface area contributed by atoms with Gasteiger partial charge in [0.05, 0.1) is 28.3 Å². The first-order chi connectivity index (χ1) is 12.1. The largest absolute Gasteiger partial charge is 0.478 e. The van der Waals surface area contributed by atoms with Crippen LogP contribution in [0.2, 0.25) is 0 Å². The van der Waals surface area contributed by atoms with Crippen LogP contribution in [-0.4, -0.2) is 31.1 Å². The molecular weight excluding hydrogens is 316 g/mol. The minimum atomic E-state index is -0.989. The van der Waals surface area contributed by atoms with Crippen LogP contribution in [0.15, 0.2) is 48.5 Å². The van der Waals surface area contributed by atoms with Gasteiger partial charge in [0.25, 0.3) is 0 Å². The van der Waals surface area contributed by atoms with Crippen LogP contribution in [0.1, 0.15) is 21.7 Å². The van der Waals surface area contributed by atoms with Crippen LogP contribution in [-0.2, 0) is 0 Å². The van der Waals surface area contributed by atoms with Crippen molar-refractivity contribution in [3.8, 4) is 16.9 Å². The fraction of sp³-hybridized carbons (Fsp3) is 0.105. The quantitative estimate of drug-likeness (QED) is 0.599. The molecule has 4 aromatic rings. The molecule has 0 radical (unpaired) electrons. The fourth-order valence-electron chi connectivity index (χ4n) is 3.23. The van der Waals surface area contributed by atoms with E-state index in [1.54, 1.807) is 12.1 Å². The van der Waals surface area contributed by atoms with Gasteiger partial charge in [-0.05, 0) is 32.0 Å². The molecule has 2 aromatic carbocycles. The molecule has 0 aliphatic rings. The number of fused-ring (bicyclic) bond motifs is 1. The summed E-state index contributed by atoms with van der Waals surface area (Å²) >= 11 is 0. The Morgan fingerprint density at radius 2 is 1.84 bits per heavy atom. The molecule has 0 aliphatic heterocycles. The van der Waals surface area contributed by atoms with Gasteiger partial charge in [-0.25, -0.2) is 9.48 Å². The summed E-state index contributed by atoms with van der Waals surface area (Å²) in [5.41, 5.74) is 5.16. The van der Waals surface area contributed by atoms with E-state index in [-0.39, 0.29) is 5.56 Å². The molecule has 0 unspecified atom stereocenters. The molecule has 0 bridgehead atoms. The molecule has 25 heavy (non-hydrogen) atoms. The zero-order valence-corrected chi connectivity index (χ0v) is 13.8. The lowest BCUT2D eigenvalue weighted by Crippen LogP contribution is -1.98. The maximum atomic E-state index is 11.4. The van der Waals surface area contributed by atoms with Crippen molar-refractivity contribution in [2.24, 2.45) is 0 Å². The van der Waals surface area contributed by atoms with Gasteiger partial charge in [0, 0.05) is 10.9 Å². The monoisotopic (exact) mass is 332 g/mol. The third-order valence-electron chi connectivity index (χ3n) is 4.36. The van der Waals surface area contributed by atoms with Gasteiger partial charge >= 0.3 is 5.97 Å². The van der Waals surface area contributed by atoms with Gasteiger partial charge < -0.3 is 5.11 Å². The van der Waals surface area contributed by atoms with Crippen molar-refractivity contribution in [3.05, 3.63) is 65.5 Å². The number of aromatic carboxylic acids is 1. The summed E-state index contributed by atoms with van der Waals surface area (Å²) in [5, 5.41) is 22.0. The van der Waals surface area contributed by atoms with Gasteiger partial charge in [-0.1, -0.05) is 30.3 Å². The van der Waals surface area contributed by atoms with Crippen molar-refractivity contribution in [1.29, 1.82) is 0 Å². The molecule has 2 heterocycles. The Morgan fingerprint density at radius 1 is 1.08 bits per heavy atom. The lowest BCUT2D eigenvalue weighted by molar-refractivity contribution is 0.0699. The number of rotatable bonds is 3. The summed E-state index contributed by atoms with van der Waals surface area (Å²) in [7, 11) is 0. The molecule has 6 nitrogen and oxygen atoms in total. The Kier molecular flexibility index (Phi) is 3.39. The minimum Gasteiger partial charge on any atom is -0.478 e. The molecule has 0 fully saturated rings. The Balaban J connectivity index is 1.95. The van der Waals surface area contributed by atoms with Crippen molar-refractivity contribution in [1.82, 2.24) is 20.0 Å². The highest BCUT2D eigenvalue weighted by Crippen LogP contribution is 2.33. The summed E-state index contributed by atoms with van der Waals surface area (Å²) in [6.45, 7) is 3.94. The van der Waals surface area contributed by atoms with Crippen molar-refractivity contribution < 1.29 is 9.90 Å². The van der Waals surface area contributed by atoms with E-state index in [9.17, 15) is 9.90 Å². The molecule has 6 heteroatoms. The topological polar surface area (TPSA) is 83.8 Å². The predicted octanol–water partition coefficient (Wildman–Crippen LogP) is 3.73. The molecule has 4 rings (SSSR count). The van der Waals surface area contributed by atoms with Crippen molar-refractivity contribution >= 4 is 16.9 Å². The predicted molar refractivity (Wildman–Crippen MR) is 95.1 cm³/mol. The van der Waals surface area contributed by atoms with Crippen LogP contribution >= 0.6 is 0 Å². The maximum Gasteiger partial charge on any atom is 0.337 e. The molecule has 2 aromatic heterocycles. The molecule has 0 amide bonds. The van der Waals surface area contributed by atoms with Gasteiger partial charge in [-0.2, -0.15) is 10.2 Å². The molecule has 0 saturated carbocycles. The number of nitrogens with one attached hydrogen (secondary N) is 1.